The van der Waals surface area contributed by atoms with Gasteiger partial charge in [0.2, 0.25) is 17.7 Å². The molecule has 7 heteroatoms. The van der Waals surface area contributed by atoms with E-state index in [1.807, 2.05) is 13.8 Å². The van der Waals surface area contributed by atoms with Crippen LogP contribution in [-0.2, 0) is 19.8 Å². The summed E-state index contributed by atoms with van der Waals surface area (Å²) in [6, 6.07) is 4.34. The SMILES string of the molecule is CN1C(=O)C(C)(C)c2cc(C(=O)NC3CCC(=O)NC3=O)ccc21. The lowest BCUT2D eigenvalue weighted by molar-refractivity contribution is -0.134. The first kappa shape index (κ1) is 16.2. The summed E-state index contributed by atoms with van der Waals surface area (Å²) in [6.45, 7) is 3.64. The molecule has 0 radical (unpaired) electrons. The van der Waals surface area contributed by atoms with Gasteiger partial charge in [0.25, 0.3) is 5.91 Å². The van der Waals surface area contributed by atoms with Crippen LogP contribution < -0.4 is 15.5 Å². The average Bonchev–Trinajstić information content (AvgIpc) is 2.71. The lowest BCUT2D eigenvalue weighted by Crippen LogP contribution is -2.52. The Morgan fingerprint density at radius 1 is 1.29 bits per heavy atom. The van der Waals surface area contributed by atoms with Crippen LogP contribution in [0.5, 0.6) is 0 Å². The van der Waals surface area contributed by atoms with Crippen molar-refractivity contribution in [3.8, 4) is 0 Å². The molecule has 0 bridgehead atoms. The van der Waals surface area contributed by atoms with Crippen LogP contribution in [0.4, 0.5) is 5.69 Å². The number of nitrogens with one attached hydrogen (secondary N) is 2. The van der Waals surface area contributed by atoms with E-state index in [9.17, 15) is 19.2 Å². The van der Waals surface area contributed by atoms with Gasteiger partial charge in [-0.15, -0.1) is 0 Å². The van der Waals surface area contributed by atoms with Crippen molar-refractivity contribution in [1.29, 1.82) is 0 Å². The summed E-state index contributed by atoms with van der Waals surface area (Å²) < 4.78 is 0. The molecule has 1 fully saturated rings. The topological polar surface area (TPSA) is 95.6 Å². The van der Waals surface area contributed by atoms with Crippen molar-refractivity contribution in [2.75, 3.05) is 11.9 Å². The molecule has 1 unspecified atom stereocenters. The van der Waals surface area contributed by atoms with E-state index < -0.39 is 23.3 Å². The first-order chi connectivity index (χ1) is 11.2. The molecule has 1 aromatic carbocycles. The summed E-state index contributed by atoms with van der Waals surface area (Å²) >= 11 is 0. The lowest BCUT2D eigenvalue weighted by Gasteiger charge is -2.22. The van der Waals surface area contributed by atoms with Crippen LogP contribution >= 0.6 is 0 Å². The van der Waals surface area contributed by atoms with Gasteiger partial charge < -0.3 is 10.2 Å². The van der Waals surface area contributed by atoms with E-state index in [0.29, 0.717) is 5.56 Å². The first-order valence-electron chi connectivity index (χ1n) is 7.79. The Balaban J connectivity index is 1.83. The van der Waals surface area contributed by atoms with Crippen molar-refractivity contribution in [3.63, 3.8) is 0 Å². The Bertz CT molecular complexity index is 769. The molecule has 1 atom stereocenters. The number of anilines is 1. The van der Waals surface area contributed by atoms with E-state index in [4.69, 9.17) is 0 Å². The molecule has 1 aromatic rings. The van der Waals surface area contributed by atoms with Crippen molar-refractivity contribution < 1.29 is 19.2 Å². The Morgan fingerprint density at radius 2 is 2.00 bits per heavy atom. The maximum Gasteiger partial charge on any atom is 0.251 e. The minimum Gasteiger partial charge on any atom is -0.340 e. The van der Waals surface area contributed by atoms with E-state index >= 15 is 0 Å². The Hall–Kier alpha value is -2.70. The molecular formula is C17H19N3O4. The maximum absolute atomic E-state index is 12.4. The van der Waals surface area contributed by atoms with Gasteiger partial charge in [-0.3, -0.25) is 24.5 Å². The number of carbonyl (C=O) groups is 4. The molecule has 0 saturated carbocycles. The van der Waals surface area contributed by atoms with Crippen LogP contribution in [0, 0.1) is 0 Å². The van der Waals surface area contributed by atoms with Gasteiger partial charge in [0, 0.05) is 24.7 Å². The number of benzene rings is 1. The molecule has 126 valence electrons. The van der Waals surface area contributed by atoms with Gasteiger partial charge >= 0.3 is 0 Å². The van der Waals surface area contributed by atoms with Gasteiger partial charge in [-0.05, 0) is 44.0 Å². The highest BCUT2D eigenvalue weighted by atomic mass is 16.2. The standard InChI is InChI=1S/C17H19N3O4/c1-17(2)10-8-9(4-6-12(10)20(3)16(17)24)14(22)18-11-5-7-13(21)19-15(11)23/h4,6,8,11H,5,7H2,1-3H3,(H,18,22)(H,19,21,23). The summed E-state index contributed by atoms with van der Waals surface area (Å²) in [4.78, 5) is 49.2. The van der Waals surface area contributed by atoms with Crippen molar-refractivity contribution in [2.24, 2.45) is 0 Å². The highest BCUT2D eigenvalue weighted by Crippen LogP contribution is 2.41. The second-order valence-electron chi connectivity index (χ2n) is 6.70. The smallest absolute Gasteiger partial charge is 0.251 e. The predicted octanol–water partition coefficient (Wildman–Crippen LogP) is 0.476. The van der Waals surface area contributed by atoms with Gasteiger partial charge in [-0.2, -0.15) is 0 Å². The van der Waals surface area contributed by atoms with Crippen LogP contribution in [-0.4, -0.2) is 36.7 Å². The number of imide groups is 1. The number of hydrogen-bond acceptors (Lipinski definition) is 4. The molecule has 0 aromatic heterocycles. The predicted molar refractivity (Wildman–Crippen MR) is 86.5 cm³/mol. The molecular weight excluding hydrogens is 310 g/mol. The van der Waals surface area contributed by atoms with E-state index in [2.05, 4.69) is 10.6 Å². The van der Waals surface area contributed by atoms with E-state index in [1.165, 1.54) is 0 Å². The summed E-state index contributed by atoms with van der Waals surface area (Å²) in [5, 5.41) is 4.85. The number of piperidine rings is 1. The third-order valence-electron chi connectivity index (χ3n) is 4.68. The number of fused-ring (bicyclic) bond motifs is 1. The number of rotatable bonds is 2. The van der Waals surface area contributed by atoms with E-state index in [-0.39, 0.29) is 24.7 Å². The number of likely N-dealkylation sites (N-methyl/N-ethyl adjacent to an activating group) is 1. The van der Waals surface area contributed by atoms with Crippen molar-refractivity contribution in [2.45, 2.75) is 38.1 Å². The van der Waals surface area contributed by atoms with Gasteiger partial charge in [-0.1, -0.05) is 0 Å². The summed E-state index contributed by atoms with van der Waals surface area (Å²) in [7, 11) is 1.71. The number of nitrogens with zero attached hydrogens (tertiary/aromatic N) is 1. The van der Waals surface area contributed by atoms with E-state index in [1.54, 1.807) is 30.1 Å². The fourth-order valence-electron chi connectivity index (χ4n) is 3.19. The van der Waals surface area contributed by atoms with Gasteiger partial charge in [0.1, 0.15) is 6.04 Å². The normalized spacial score (nSPS) is 22.2. The zero-order valence-electron chi connectivity index (χ0n) is 13.8. The fourth-order valence-corrected chi connectivity index (χ4v) is 3.19. The Labute approximate surface area is 139 Å². The minimum atomic E-state index is -0.722. The second-order valence-corrected chi connectivity index (χ2v) is 6.70. The lowest BCUT2D eigenvalue weighted by atomic mass is 9.85. The molecule has 0 spiro atoms. The van der Waals surface area contributed by atoms with Crippen molar-refractivity contribution in [3.05, 3.63) is 29.3 Å². The first-order valence-corrected chi connectivity index (χ1v) is 7.79. The third kappa shape index (κ3) is 2.46. The summed E-state index contributed by atoms with van der Waals surface area (Å²) in [5.74, 6) is -1.24. The molecule has 2 aliphatic rings. The number of hydrogen-bond donors (Lipinski definition) is 2. The van der Waals surface area contributed by atoms with Crippen LogP contribution in [0.3, 0.4) is 0 Å². The monoisotopic (exact) mass is 329 g/mol. The number of amides is 4. The van der Waals surface area contributed by atoms with Crippen LogP contribution in [0.25, 0.3) is 0 Å². The van der Waals surface area contributed by atoms with Crippen molar-refractivity contribution >= 4 is 29.3 Å². The second kappa shape index (κ2) is 5.43. The average molecular weight is 329 g/mol. The zero-order valence-corrected chi connectivity index (χ0v) is 13.8. The van der Waals surface area contributed by atoms with Gasteiger partial charge in [0.05, 0.1) is 5.41 Å². The van der Waals surface area contributed by atoms with Gasteiger partial charge in [-0.25, -0.2) is 0 Å². The van der Waals surface area contributed by atoms with E-state index in [0.717, 1.165) is 11.3 Å². The minimum absolute atomic E-state index is 0.0276. The maximum atomic E-state index is 12.4. The molecule has 1 saturated heterocycles. The molecule has 4 amide bonds. The Kier molecular flexibility index (Phi) is 3.66. The van der Waals surface area contributed by atoms with Crippen LogP contribution in [0.1, 0.15) is 42.6 Å². The molecule has 0 aliphatic carbocycles. The summed E-state index contributed by atoms with van der Waals surface area (Å²) in [6.07, 6.45) is 0.487. The highest BCUT2D eigenvalue weighted by Gasteiger charge is 2.42. The van der Waals surface area contributed by atoms with Gasteiger partial charge in [0.15, 0.2) is 0 Å². The molecule has 2 heterocycles. The Morgan fingerprint density at radius 3 is 2.67 bits per heavy atom. The van der Waals surface area contributed by atoms with Crippen LogP contribution in [0.15, 0.2) is 18.2 Å². The van der Waals surface area contributed by atoms with Crippen molar-refractivity contribution in [1.82, 2.24) is 10.6 Å². The third-order valence-corrected chi connectivity index (χ3v) is 4.68. The zero-order chi connectivity index (χ0) is 17.6. The molecule has 2 aliphatic heterocycles. The molecule has 2 N–H and O–H groups in total. The largest absolute Gasteiger partial charge is 0.340 e. The quantitative estimate of drug-likeness (QED) is 0.771. The fraction of sp³-hybridized carbons (Fsp3) is 0.412. The van der Waals surface area contributed by atoms with Crippen LogP contribution in [0.2, 0.25) is 0 Å². The highest BCUT2D eigenvalue weighted by molar-refractivity contribution is 6.09. The molecule has 24 heavy (non-hydrogen) atoms. The number of carbonyl (C=O) groups excluding carboxylic acids is 4. The molecule has 3 rings (SSSR count). The summed E-state index contributed by atoms with van der Waals surface area (Å²) in [5.41, 5.74) is 1.25. The molecule has 7 nitrogen and oxygen atoms in total.